The summed E-state index contributed by atoms with van der Waals surface area (Å²) in [6, 6.07) is 31.1. The monoisotopic (exact) mass is 636 g/mol. The summed E-state index contributed by atoms with van der Waals surface area (Å²) in [4.78, 5) is 0. The number of aryl methyl sites for hydroxylation is 2. The first kappa shape index (κ1) is 21.7. The molecule has 0 bridgehead atoms. The molecule has 1 aliphatic carbocycles. The molecule has 32 heavy (non-hydrogen) atoms. The van der Waals surface area contributed by atoms with Crippen molar-refractivity contribution in [1.29, 1.82) is 0 Å². The van der Waals surface area contributed by atoms with Crippen molar-refractivity contribution in [3.8, 4) is 0 Å². The Bertz CT molecular complexity index is 1260. The lowest BCUT2D eigenvalue weighted by Gasteiger charge is -2.25. The highest BCUT2D eigenvalue weighted by Crippen LogP contribution is 2.43. The highest BCUT2D eigenvalue weighted by molar-refractivity contribution is 14.1. The Morgan fingerprint density at radius 1 is 0.469 bits per heavy atom. The Morgan fingerprint density at radius 2 is 0.844 bits per heavy atom. The van der Waals surface area contributed by atoms with Crippen LogP contribution in [0.5, 0.6) is 0 Å². The van der Waals surface area contributed by atoms with Crippen LogP contribution in [0.25, 0.3) is 23.3 Å². The van der Waals surface area contributed by atoms with Gasteiger partial charge < -0.3 is 0 Å². The zero-order valence-electron chi connectivity index (χ0n) is 18.0. The fourth-order valence-corrected chi connectivity index (χ4v) is 5.30. The molecule has 0 fully saturated rings. The van der Waals surface area contributed by atoms with Crippen LogP contribution in [0, 0.1) is 21.0 Å². The molecule has 0 aliphatic heterocycles. The largest absolute Gasteiger partial charge is 0.0614 e. The first-order valence-electron chi connectivity index (χ1n) is 10.7. The van der Waals surface area contributed by atoms with E-state index in [0.717, 1.165) is 0 Å². The standard InChI is InChI=1S/C30H22I2/c1-19-5-3-7-21-9-10-22-8-4-6-20(2)28(22)30(24-13-17-26(32)18-14-24)29(27(19)21)23-11-15-25(31)16-12-23/h3-18H,1-2H3/b10-9-,21-9?,22-10?,29-27?,30-28?,30-29-. The van der Waals surface area contributed by atoms with E-state index in [1.807, 2.05) is 0 Å². The molecule has 0 saturated carbocycles. The molecule has 0 nitrogen and oxygen atoms in total. The van der Waals surface area contributed by atoms with E-state index >= 15 is 0 Å². The molecule has 2 heteroatoms. The molecule has 0 aromatic heterocycles. The van der Waals surface area contributed by atoms with Gasteiger partial charge in [-0.05, 0) is 139 Å². The van der Waals surface area contributed by atoms with Crippen molar-refractivity contribution >= 4 is 68.5 Å². The quantitative estimate of drug-likeness (QED) is 0.170. The third-order valence-corrected chi connectivity index (χ3v) is 7.51. The highest BCUT2D eigenvalue weighted by atomic mass is 127. The van der Waals surface area contributed by atoms with Crippen molar-refractivity contribution in [3.63, 3.8) is 0 Å². The predicted molar refractivity (Wildman–Crippen MR) is 155 cm³/mol. The number of fused-ring (bicyclic) bond motifs is 2. The van der Waals surface area contributed by atoms with Crippen LogP contribution in [0.1, 0.15) is 44.5 Å². The molecule has 0 saturated heterocycles. The van der Waals surface area contributed by atoms with Crippen LogP contribution in [0.15, 0.2) is 84.9 Å². The normalized spacial score (nSPS) is 16.0. The van der Waals surface area contributed by atoms with Gasteiger partial charge in [-0.2, -0.15) is 0 Å². The van der Waals surface area contributed by atoms with Crippen LogP contribution in [-0.4, -0.2) is 0 Å². The van der Waals surface area contributed by atoms with Crippen molar-refractivity contribution in [2.75, 3.05) is 0 Å². The smallest absolute Gasteiger partial charge is 0.0130 e. The third-order valence-electron chi connectivity index (χ3n) is 6.07. The van der Waals surface area contributed by atoms with Gasteiger partial charge in [0.15, 0.2) is 0 Å². The predicted octanol–water partition coefficient (Wildman–Crippen LogP) is 9.00. The molecule has 0 atom stereocenters. The SMILES string of the molecule is Cc1cccc2c1/C(c1ccc(I)cc1)=C(/c1ccc(I)cc1)c1c(C)cccc1/C=C\2. The molecule has 156 valence electrons. The summed E-state index contributed by atoms with van der Waals surface area (Å²) in [5, 5.41) is 0. The minimum Gasteiger partial charge on any atom is -0.0614 e. The molecule has 0 heterocycles. The minimum atomic E-state index is 1.25. The Labute approximate surface area is 217 Å². The Balaban J connectivity index is 2.00. The van der Waals surface area contributed by atoms with E-state index < -0.39 is 0 Å². The van der Waals surface area contributed by atoms with Gasteiger partial charge in [0.1, 0.15) is 0 Å². The molecule has 4 aromatic rings. The second-order valence-corrected chi connectivity index (χ2v) is 10.7. The van der Waals surface area contributed by atoms with Gasteiger partial charge >= 0.3 is 0 Å². The molecule has 1 aliphatic rings. The average Bonchev–Trinajstić information content (AvgIpc) is 2.78. The molecule has 0 radical (unpaired) electrons. The second-order valence-electron chi connectivity index (χ2n) is 8.18. The lowest BCUT2D eigenvalue weighted by atomic mass is 9.78. The fourth-order valence-electron chi connectivity index (χ4n) is 4.58. The maximum atomic E-state index is 2.39. The summed E-state index contributed by atoms with van der Waals surface area (Å²) in [6.45, 7) is 4.45. The maximum absolute atomic E-state index is 2.39. The van der Waals surface area contributed by atoms with Crippen molar-refractivity contribution in [1.82, 2.24) is 0 Å². The summed E-state index contributed by atoms with van der Waals surface area (Å²) in [7, 11) is 0. The van der Waals surface area contributed by atoms with E-state index in [1.165, 1.54) is 62.8 Å². The van der Waals surface area contributed by atoms with Gasteiger partial charge in [-0.15, -0.1) is 0 Å². The maximum Gasteiger partial charge on any atom is 0.0130 e. The number of hydrogen-bond acceptors (Lipinski definition) is 0. The number of hydrogen-bond donors (Lipinski definition) is 0. The van der Waals surface area contributed by atoms with Gasteiger partial charge in [0.05, 0.1) is 0 Å². The summed E-state index contributed by atoms with van der Waals surface area (Å²) in [5.41, 5.74) is 12.8. The van der Waals surface area contributed by atoms with Crippen LogP contribution in [0.3, 0.4) is 0 Å². The van der Waals surface area contributed by atoms with Crippen LogP contribution in [0.2, 0.25) is 0 Å². The minimum absolute atomic E-state index is 1.25. The zero-order valence-corrected chi connectivity index (χ0v) is 22.3. The van der Waals surface area contributed by atoms with E-state index in [9.17, 15) is 0 Å². The first-order chi connectivity index (χ1) is 15.5. The van der Waals surface area contributed by atoms with Crippen LogP contribution >= 0.6 is 45.2 Å². The Morgan fingerprint density at radius 3 is 1.22 bits per heavy atom. The van der Waals surface area contributed by atoms with E-state index in [-0.39, 0.29) is 0 Å². The Hall–Kier alpha value is -2.18. The summed E-state index contributed by atoms with van der Waals surface area (Å²) < 4.78 is 2.49. The van der Waals surface area contributed by atoms with Gasteiger partial charge in [-0.25, -0.2) is 0 Å². The third kappa shape index (κ3) is 3.99. The van der Waals surface area contributed by atoms with Crippen molar-refractivity contribution < 1.29 is 0 Å². The average molecular weight is 636 g/mol. The molecule has 0 spiro atoms. The Kier molecular flexibility index (Phi) is 6.08. The first-order valence-corrected chi connectivity index (χ1v) is 12.8. The van der Waals surface area contributed by atoms with Gasteiger partial charge in [0.25, 0.3) is 0 Å². The van der Waals surface area contributed by atoms with Crippen LogP contribution in [-0.2, 0) is 0 Å². The molecule has 0 unspecified atom stereocenters. The van der Waals surface area contributed by atoms with E-state index in [0.29, 0.717) is 0 Å². The fraction of sp³-hybridized carbons (Fsp3) is 0.0667. The molecular formula is C30H22I2. The van der Waals surface area contributed by atoms with Crippen molar-refractivity contribution in [2.45, 2.75) is 13.8 Å². The summed E-state index contributed by atoms with van der Waals surface area (Å²) >= 11 is 4.77. The lowest BCUT2D eigenvalue weighted by Crippen LogP contribution is -2.05. The van der Waals surface area contributed by atoms with Crippen molar-refractivity contribution in [2.24, 2.45) is 0 Å². The van der Waals surface area contributed by atoms with Crippen molar-refractivity contribution in [3.05, 3.63) is 137 Å². The lowest BCUT2D eigenvalue weighted by molar-refractivity contribution is 1.36. The topological polar surface area (TPSA) is 0 Å². The summed E-state index contributed by atoms with van der Waals surface area (Å²) in [6.07, 6.45) is 4.55. The molecule has 5 rings (SSSR count). The van der Waals surface area contributed by atoms with Gasteiger partial charge in [-0.1, -0.05) is 72.8 Å². The molecule has 0 amide bonds. The summed E-state index contributed by atoms with van der Waals surface area (Å²) in [5.74, 6) is 0. The second kappa shape index (κ2) is 8.99. The number of benzene rings is 4. The van der Waals surface area contributed by atoms with E-state index in [4.69, 9.17) is 0 Å². The molecule has 0 N–H and O–H groups in total. The van der Waals surface area contributed by atoms with Gasteiger partial charge in [0, 0.05) is 7.14 Å². The molecular weight excluding hydrogens is 614 g/mol. The van der Waals surface area contributed by atoms with Gasteiger partial charge in [0.2, 0.25) is 0 Å². The highest BCUT2D eigenvalue weighted by Gasteiger charge is 2.23. The van der Waals surface area contributed by atoms with E-state index in [2.05, 4.69) is 156 Å². The van der Waals surface area contributed by atoms with Crippen LogP contribution in [0.4, 0.5) is 0 Å². The van der Waals surface area contributed by atoms with E-state index in [1.54, 1.807) is 0 Å². The van der Waals surface area contributed by atoms with Crippen LogP contribution < -0.4 is 0 Å². The van der Waals surface area contributed by atoms with Gasteiger partial charge in [-0.3, -0.25) is 0 Å². The number of halogens is 2. The number of rotatable bonds is 2. The molecule has 4 aromatic carbocycles. The zero-order chi connectivity index (χ0) is 22.2.